The van der Waals surface area contributed by atoms with Crippen LogP contribution in [0.15, 0.2) is 24.3 Å². The summed E-state index contributed by atoms with van der Waals surface area (Å²) >= 11 is 0. The number of likely N-dealkylation sites (tertiary alicyclic amines) is 1. The van der Waals surface area contributed by atoms with E-state index in [2.05, 4.69) is 0 Å². The van der Waals surface area contributed by atoms with Gasteiger partial charge in [-0.3, -0.25) is 9.59 Å². The first-order valence-corrected chi connectivity index (χ1v) is 8.31. The molecule has 5 heteroatoms. The van der Waals surface area contributed by atoms with E-state index in [1.165, 1.54) is 12.1 Å². The van der Waals surface area contributed by atoms with Crippen LogP contribution in [0.2, 0.25) is 0 Å². The summed E-state index contributed by atoms with van der Waals surface area (Å²) in [5.41, 5.74) is 0.257. The maximum atomic E-state index is 13.2. The molecule has 2 fully saturated rings. The van der Waals surface area contributed by atoms with Gasteiger partial charge in [0.1, 0.15) is 5.82 Å². The van der Waals surface area contributed by atoms with Gasteiger partial charge in [0.15, 0.2) is 0 Å². The van der Waals surface area contributed by atoms with E-state index >= 15 is 0 Å². The molecule has 0 unspecified atom stereocenters. The molecule has 1 aromatic rings. The van der Waals surface area contributed by atoms with Crippen molar-refractivity contribution in [1.29, 1.82) is 0 Å². The minimum absolute atomic E-state index is 0.0209. The topological polar surface area (TPSA) is 57.6 Å². The molecule has 1 atom stereocenters. The van der Waals surface area contributed by atoms with E-state index < -0.39 is 17.3 Å². The molecule has 4 nitrogen and oxygen atoms in total. The van der Waals surface area contributed by atoms with Crippen molar-refractivity contribution in [1.82, 2.24) is 4.90 Å². The van der Waals surface area contributed by atoms with E-state index in [1.807, 2.05) is 0 Å². The highest BCUT2D eigenvalue weighted by molar-refractivity contribution is 5.89. The molecule has 3 rings (SSSR count). The van der Waals surface area contributed by atoms with Gasteiger partial charge in [-0.05, 0) is 43.4 Å². The summed E-state index contributed by atoms with van der Waals surface area (Å²) < 4.78 is 13.2. The van der Waals surface area contributed by atoms with Crippen molar-refractivity contribution in [3.05, 3.63) is 35.6 Å². The Bertz CT molecular complexity index is 593. The summed E-state index contributed by atoms with van der Waals surface area (Å²) in [5.74, 6) is -1.59. The minimum Gasteiger partial charge on any atom is -0.481 e. The highest BCUT2D eigenvalue weighted by atomic mass is 19.1. The summed E-state index contributed by atoms with van der Waals surface area (Å²) in [7, 11) is 0. The van der Waals surface area contributed by atoms with Crippen LogP contribution < -0.4 is 0 Å². The van der Waals surface area contributed by atoms with Crippen LogP contribution in [0.25, 0.3) is 0 Å². The number of hydrogen-bond acceptors (Lipinski definition) is 2. The summed E-state index contributed by atoms with van der Waals surface area (Å²) in [6, 6.07) is 6.21. The molecule has 23 heavy (non-hydrogen) atoms. The lowest BCUT2D eigenvalue weighted by atomic mass is 9.77. The summed E-state index contributed by atoms with van der Waals surface area (Å²) in [4.78, 5) is 26.2. The van der Waals surface area contributed by atoms with Gasteiger partial charge in [-0.25, -0.2) is 4.39 Å². The number of carbonyl (C=O) groups is 2. The number of carbonyl (C=O) groups excluding carboxylic acids is 1. The maximum absolute atomic E-state index is 13.2. The quantitative estimate of drug-likeness (QED) is 0.932. The van der Waals surface area contributed by atoms with E-state index in [0.29, 0.717) is 13.0 Å². The van der Waals surface area contributed by atoms with Crippen LogP contribution in [0, 0.1) is 11.7 Å². The molecule has 1 aromatic carbocycles. The fourth-order valence-corrected chi connectivity index (χ4v) is 4.04. The average Bonchev–Trinajstić information content (AvgIpc) is 3.06. The number of carboxylic acids is 1. The van der Waals surface area contributed by atoms with E-state index in [0.717, 1.165) is 37.7 Å². The normalized spacial score (nSPS) is 23.7. The van der Waals surface area contributed by atoms with Gasteiger partial charge in [0, 0.05) is 13.1 Å². The van der Waals surface area contributed by atoms with Crippen molar-refractivity contribution in [3.63, 3.8) is 0 Å². The molecular weight excluding hydrogens is 297 g/mol. The molecular formula is C18H22FNO3. The van der Waals surface area contributed by atoms with E-state index in [4.69, 9.17) is 0 Å². The van der Waals surface area contributed by atoms with Gasteiger partial charge in [-0.1, -0.05) is 25.0 Å². The average molecular weight is 319 g/mol. The Balaban J connectivity index is 1.87. The highest BCUT2D eigenvalue weighted by Gasteiger charge is 2.46. The number of nitrogens with zero attached hydrogens (tertiary/aromatic N) is 1. The van der Waals surface area contributed by atoms with E-state index in [1.54, 1.807) is 17.0 Å². The Morgan fingerprint density at radius 3 is 2.39 bits per heavy atom. The van der Waals surface area contributed by atoms with Crippen molar-refractivity contribution in [2.24, 2.45) is 5.92 Å². The van der Waals surface area contributed by atoms with Gasteiger partial charge in [0.2, 0.25) is 5.91 Å². The third-order valence-electron chi connectivity index (χ3n) is 5.32. The first-order chi connectivity index (χ1) is 11.0. The molecule has 1 saturated carbocycles. The molecule has 0 aromatic heterocycles. The monoisotopic (exact) mass is 319 g/mol. The van der Waals surface area contributed by atoms with Gasteiger partial charge < -0.3 is 10.0 Å². The Hall–Kier alpha value is -1.91. The number of aliphatic carboxylic acids is 1. The van der Waals surface area contributed by atoms with Gasteiger partial charge >= 0.3 is 5.97 Å². The first-order valence-electron chi connectivity index (χ1n) is 8.31. The summed E-state index contributed by atoms with van der Waals surface area (Å²) in [5, 5.41) is 9.24. The molecule has 0 bridgehead atoms. The SMILES string of the molecule is O=C(O)[C@H]1CCCN(C(=O)C2(c3ccc(F)cc3)CCCC2)C1. The molecule has 1 heterocycles. The molecule has 2 aliphatic rings. The number of benzene rings is 1. The molecule has 0 radical (unpaired) electrons. The lowest BCUT2D eigenvalue weighted by molar-refractivity contribution is -0.147. The van der Waals surface area contributed by atoms with Crippen molar-refractivity contribution in [2.75, 3.05) is 13.1 Å². The third-order valence-corrected chi connectivity index (χ3v) is 5.32. The molecule has 124 valence electrons. The van der Waals surface area contributed by atoms with Gasteiger partial charge in [-0.15, -0.1) is 0 Å². The molecule has 1 aliphatic heterocycles. The predicted molar refractivity (Wildman–Crippen MR) is 83.5 cm³/mol. The zero-order chi connectivity index (χ0) is 16.4. The summed E-state index contributed by atoms with van der Waals surface area (Å²) in [6.07, 6.45) is 4.81. The molecule has 0 spiro atoms. The van der Waals surface area contributed by atoms with Crippen LogP contribution in [-0.2, 0) is 15.0 Å². The Morgan fingerprint density at radius 1 is 1.13 bits per heavy atom. The zero-order valence-corrected chi connectivity index (χ0v) is 13.1. The predicted octanol–water partition coefficient (Wildman–Crippen LogP) is 2.96. The second-order valence-electron chi connectivity index (χ2n) is 6.72. The fraction of sp³-hybridized carbons (Fsp3) is 0.556. The highest BCUT2D eigenvalue weighted by Crippen LogP contribution is 2.43. The van der Waals surface area contributed by atoms with Gasteiger partial charge in [0.25, 0.3) is 0 Å². The Kier molecular flexibility index (Phi) is 4.37. The first kappa shape index (κ1) is 16.0. The molecule has 1 saturated heterocycles. The molecule has 1 aliphatic carbocycles. The molecule has 1 N–H and O–H groups in total. The van der Waals surface area contributed by atoms with Crippen molar-refractivity contribution in [2.45, 2.75) is 43.9 Å². The number of piperidine rings is 1. The van der Waals surface area contributed by atoms with Crippen LogP contribution >= 0.6 is 0 Å². The van der Waals surface area contributed by atoms with Crippen LogP contribution in [0.4, 0.5) is 4.39 Å². The summed E-state index contributed by atoms with van der Waals surface area (Å²) in [6.45, 7) is 0.905. The lowest BCUT2D eigenvalue weighted by Gasteiger charge is -2.38. The number of rotatable bonds is 3. The second kappa shape index (κ2) is 6.30. The van der Waals surface area contributed by atoms with Crippen molar-refractivity contribution >= 4 is 11.9 Å². The standard InChI is InChI=1S/C18H22FNO3/c19-15-7-5-14(6-8-15)18(9-1-2-10-18)17(23)20-11-3-4-13(12-20)16(21)22/h5-8,13H,1-4,9-12H2,(H,21,22)/t13-/m0/s1. The van der Waals surface area contributed by atoms with Crippen LogP contribution in [0.5, 0.6) is 0 Å². The number of amides is 1. The second-order valence-corrected chi connectivity index (χ2v) is 6.72. The van der Waals surface area contributed by atoms with Gasteiger partial charge in [0.05, 0.1) is 11.3 Å². The Labute approximate surface area is 135 Å². The minimum atomic E-state index is -0.829. The van der Waals surface area contributed by atoms with Crippen LogP contribution in [0.3, 0.4) is 0 Å². The van der Waals surface area contributed by atoms with E-state index in [9.17, 15) is 19.1 Å². The van der Waals surface area contributed by atoms with Crippen molar-refractivity contribution in [3.8, 4) is 0 Å². The number of hydrogen-bond donors (Lipinski definition) is 1. The number of halogens is 1. The fourth-order valence-electron chi connectivity index (χ4n) is 4.04. The largest absolute Gasteiger partial charge is 0.481 e. The third kappa shape index (κ3) is 2.96. The lowest BCUT2D eigenvalue weighted by Crippen LogP contribution is -2.50. The van der Waals surface area contributed by atoms with Crippen LogP contribution in [-0.4, -0.2) is 35.0 Å². The maximum Gasteiger partial charge on any atom is 0.308 e. The zero-order valence-electron chi connectivity index (χ0n) is 13.1. The number of carboxylic acid groups (broad SMARTS) is 1. The van der Waals surface area contributed by atoms with Crippen molar-refractivity contribution < 1.29 is 19.1 Å². The van der Waals surface area contributed by atoms with Crippen LogP contribution in [0.1, 0.15) is 44.1 Å². The smallest absolute Gasteiger partial charge is 0.308 e. The Morgan fingerprint density at radius 2 is 1.78 bits per heavy atom. The molecule has 1 amide bonds. The van der Waals surface area contributed by atoms with E-state index in [-0.39, 0.29) is 18.3 Å². The van der Waals surface area contributed by atoms with Gasteiger partial charge in [-0.2, -0.15) is 0 Å².